The van der Waals surface area contributed by atoms with Gasteiger partial charge in [0.15, 0.2) is 0 Å². The summed E-state index contributed by atoms with van der Waals surface area (Å²) in [7, 11) is 0. The minimum atomic E-state index is -0.0425. The Labute approximate surface area is 95.2 Å². The normalized spacial score (nSPS) is 15.9. The summed E-state index contributed by atoms with van der Waals surface area (Å²) >= 11 is 0. The lowest BCUT2D eigenvalue weighted by Gasteiger charge is -2.28. The van der Waals surface area contributed by atoms with E-state index in [0.29, 0.717) is 0 Å². The number of carbonyl (C=O) groups excluding carboxylic acids is 1. The van der Waals surface area contributed by atoms with Crippen molar-refractivity contribution >= 4 is 17.3 Å². The lowest BCUT2D eigenvalue weighted by Crippen LogP contribution is -2.36. The van der Waals surface area contributed by atoms with Gasteiger partial charge in [-0.2, -0.15) is 0 Å². The number of anilines is 2. The molecule has 1 amide bonds. The zero-order valence-corrected chi connectivity index (χ0v) is 9.40. The molecule has 1 aromatic carbocycles. The molecular weight excluding hydrogens is 204 g/mol. The summed E-state index contributed by atoms with van der Waals surface area (Å²) < 4.78 is 5.30. The maximum absolute atomic E-state index is 10.9. The van der Waals surface area contributed by atoms with E-state index in [1.165, 1.54) is 12.6 Å². The lowest BCUT2D eigenvalue weighted by atomic mass is 10.2. The summed E-state index contributed by atoms with van der Waals surface area (Å²) in [4.78, 5) is 13.1. The highest BCUT2D eigenvalue weighted by molar-refractivity contribution is 5.88. The van der Waals surface area contributed by atoms with Gasteiger partial charge in [-0.3, -0.25) is 4.79 Å². The van der Waals surface area contributed by atoms with Crippen LogP contribution in [0.3, 0.4) is 0 Å². The fraction of sp³-hybridized carbons (Fsp3) is 0.417. The van der Waals surface area contributed by atoms with Gasteiger partial charge in [0.1, 0.15) is 0 Å². The van der Waals surface area contributed by atoms with E-state index in [2.05, 4.69) is 10.2 Å². The highest BCUT2D eigenvalue weighted by Crippen LogP contribution is 2.18. The largest absolute Gasteiger partial charge is 0.378 e. The van der Waals surface area contributed by atoms with Crippen LogP contribution in [0.15, 0.2) is 24.3 Å². The van der Waals surface area contributed by atoms with E-state index in [0.717, 1.165) is 32.0 Å². The zero-order valence-electron chi connectivity index (χ0n) is 9.40. The second kappa shape index (κ2) is 4.99. The average Bonchev–Trinajstić information content (AvgIpc) is 2.30. The van der Waals surface area contributed by atoms with E-state index < -0.39 is 0 Å². The summed E-state index contributed by atoms with van der Waals surface area (Å²) in [6, 6.07) is 7.89. The van der Waals surface area contributed by atoms with Gasteiger partial charge in [0.05, 0.1) is 13.2 Å². The van der Waals surface area contributed by atoms with Crippen molar-refractivity contribution in [3.63, 3.8) is 0 Å². The highest BCUT2D eigenvalue weighted by Gasteiger charge is 2.10. The van der Waals surface area contributed by atoms with E-state index in [1.54, 1.807) is 0 Å². The molecule has 4 heteroatoms. The Hall–Kier alpha value is -1.55. The molecule has 0 aliphatic carbocycles. The van der Waals surface area contributed by atoms with Crippen LogP contribution in [0.5, 0.6) is 0 Å². The first kappa shape index (κ1) is 11.0. The van der Waals surface area contributed by atoms with Crippen LogP contribution < -0.4 is 10.2 Å². The molecule has 0 radical (unpaired) electrons. The van der Waals surface area contributed by atoms with Gasteiger partial charge in [0, 0.05) is 31.4 Å². The first-order valence-corrected chi connectivity index (χ1v) is 5.46. The van der Waals surface area contributed by atoms with Crippen LogP contribution in [0.1, 0.15) is 6.92 Å². The molecule has 86 valence electrons. The van der Waals surface area contributed by atoms with Crippen molar-refractivity contribution < 1.29 is 9.53 Å². The first-order valence-electron chi connectivity index (χ1n) is 5.46. The quantitative estimate of drug-likeness (QED) is 0.820. The van der Waals surface area contributed by atoms with Gasteiger partial charge in [-0.25, -0.2) is 0 Å². The molecule has 1 heterocycles. The van der Waals surface area contributed by atoms with Crippen molar-refractivity contribution in [3.05, 3.63) is 24.3 Å². The van der Waals surface area contributed by atoms with E-state index in [-0.39, 0.29) is 5.91 Å². The highest BCUT2D eigenvalue weighted by atomic mass is 16.5. The van der Waals surface area contributed by atoms with Crippen molar-refractivity contribution in [1.29, 1.82) is 0 Å². The third-order valence-corrected chi connectivity index (χ3v) is 2.56. The van der Waals surface area contributed by atoms with Crippen molar-refractivity contribution in [2.45, 2.75) is 6.92 Å². The van der Waals surface area contributed by atoms with Crippen LogP contribution >= 0.6 is 0 Å². The Bertz CT molecular complexity index is 356. The van der Waals surface area contributed by atoms with Gasteiger partial charge in [0.2, 0.25) is 5.91 Å². The molecule has 16 heavy (non-hydrogen) atoms. The molecule has 0 saturated carbocycles. The number of hydrogen-bond donors (Lipinski definition) is 1. The number of carbonyl (C=O) groups is 1. The molecule has 4 nitrogen and oxygen atoms in total. The van der Waals surface area contributed by atoms with Crippen molar-refractivity contribution in [2.75, 3.05) is 36.5 Å². The minimum Gasteiger partial charge on any atom is -0.378 e. The Morgan fingerprint density at radius 1 is 1.25 bits per heavy atom. The Kier molecular flexibility index (Phi) is 3.41. The van der Waals surface area contributed by atoms with Gasteiger partial charge < -0.3 is 15.0 Å². The third kappa shape index (κ3) is 2.73. The standard InChI is InChI=1S/C12H16N2O2/c1-10(15)13-11-2-4-12(5-3-11)14-6-8-16-9-7-14/h2-5H,6-9H2,1H3,(H,13,15). The minimum absolute atomic E-state index is 0.0425. The molecule has 0 aromatic heterocycles. The van der Waals surface area contributed by atoms with E-state index >= 15 is 0 Å². The lowest BCUT2D eigenvalue weighted by molar-refractivity contribution is -0.114. The van der Waals surface area contributed by atoms with E-state index in [1.807, 2.05) is 24.3 Å². The molecule has 1 aliphatic heterocycles. The molecule has 1 aliphatic rings. The summed E-state index contributed by atoms with van der Waals surface area (Å²) in [5.41, 5.74) is 2.02. The zero-order chi connectivity index (χ0) is 11.4. The van der Waals surface area contributed by atoms with Gasteiger partial charge in [-0.05, 0) is 24.3 Å². The number of ether oxygens (including phenoxy) is 1. The van der Waals surface area contributed by atoms with Crippen LogP contribution in [0.4, 0.5) is 11.4 Å². The molecule has 1 saturated heterocycles. The Morgan fingerprint density at radius 3 is 2.44 bits per heavy atom. The molecule has 1 N–H and O–H groups in total. The Balaban J connectivity index is 2.03. The molecule has 0 spiro atoms. The van der Waals surface area contributed by atoms with Gasteiger partial charge >= 0.3 is 0 Å². The van der Waals surface area contributed by atoms with Crippen molar-refractivity contribution in [3.8, 4) is 0 Å². The molecule has 0 unspecified atom stereocenters. The van der Waals surface area contributed by atoms with Crippen LogP contribution in [0, 0.1) is 0 Å². The molecule has 1 fully saturated rings. The number of morpholine rings is 1. The van der Waals surface area contributed by atoms with E-state index in [9.17, 15) is 4.79 Å². The fourth-order valence-electron chi connectivity index (χ4n) is 1.78. The molecular formula is C12H16N2O2. The summed E-state index contributed by atoms with van der Waals surface area (Å²) in [6.45, 7) is 4.94. The van der Waals surface area contributed by atoms with Crippen LogP contribution in [0.25, 0.3) is 0 Å². The predicted octanol–water partition coefficient (Wildman–Crippen LogP) is 1.48. The molecule has 0 atom stereocenters. The third-order valence-electron chi connectivity index (χ3n) is 2.56. The molecule has 2 rings (SSSR count). The summed E-state index contributed by atoms with van der Waals surface area (Å²) in [6.07, 6.45) is 0. The molecule has 1 aromatic rings. The number of rotatable bonds is 2. The summed E-state index contributed by atoms with van der Waals surface area (Å²) in [5.74, 6) is -0.0425. The van der Waals surface area contributed by atoms with Crippen LogP contribution in [0.2, 0.25) is 0 Å². The smallest absolute Gasteiger partial charge is 0.221 e. The fourth-order valence-corrected chi connectivity index (χ4v) is 1.78. The number of nitrogens with zero attached hydrogens (tertiary/aromatic N) is 1. The second-order valence-electron chi connectivity index (χ2n) is 3.83. The molecule has 0 bridgehead atoms. The monoisotopic (exact) mass is 220 g/mol. The van der Waals surface area contributed by atoms with Crippen molar-refractivity contribution in [2.24, 2.45) is 0 Å². The second-order valence-corrected chi connectivity index (χ2v) is 3.83. The Morgan fingerprint density at radius 2 is 1.88 bits per heavy atom. The summed E-state index contributed by atoms with van der Waals surface area (Å²) in [5, 5.41) is 2.75. The number of benzene rings is 1. The first-order chi connectivity index (χ1) is 7.75. The van der Waals surface area contributed by atoms with E-state index in [4.69, 9.17) is 4.74 Å². The maximum Gasteiger partial charge on any atom is 0.221 e. The van der Waals surface area contributed by atoms with Gasteiger partial charge in [-0.15, -0.1) is 0 Å². The van der Waals surface area contributed by atoms with Gasteiger partial charge in [0.25, 0.3) is 0 Å². The average molecular weight is 220 g/mol. The van der Waals surface area contributed by atoms with Crippen LogP contribution in [-0.2, 0) is 9.53 Å². The predicted molar refractivity (Wildman–Crippen MR) is 63.8 cm³/mol. The number of amides is 1. The number of nitrogens with one attached hydrogen (secondary N) is 1. The SMILES string of the molecule is CC(=O)Nc1ccc(N2CCOCC2)cc1. The van der Waals surface area contributed by atoms with Gasteiger partial charge in [-0.1, -0.05) is 0 Å². The topological polar surface area (TPSA) is 41.6 Å². The van der Waals surface area contributed by atoms with Crippen molar-refractivity contribution in [1.82, 2.24) is 0 Å². The maximum atomic E-state index is 10.9. The number of hydrogen-bond acceptors (Lipinski definition) is 3. The van der Waals surface area contributed by atoms with Crippen LogP contribution in [-0.4, -0.2) is 32.2 Å².